The molecular weight excluding hydrogens is 502 g/mol. The molecule has 37 heavy (non-hydrogen) atoms. The predicted molar refractivity (Wildman–Crippen MR) is 136 cm³/mol. The van der Waals surface area contributed by atoms with Crippen molar-refractivity contribution >= 4 is 29.2 Å². The summed E-state index contributed by atoms with van der Waals surface area (Å²) < 4.78 is 0. The topological polar surface area (TPSA) is 180 Å². The van der Waals surface area contributed by atoms with Crippen molar-refractivity contribution in [3.8, 4) is 11.3 Å². The number of carboxylic acids is 3. The smallest absolute Gasteiger partial charge is 0.336 e. The minimum Gasteiger partial charge on any atom is -0.481 e. The number of carboxylic acid groups (broad SMARTS) is 3. The summed E-state index contributed by atoms with van der Waals surface area (Å²) in [5.41, 5.74) is 0.301. The Bertz CT molecular complexity index is 1120. The Morgan fingerprint density at radius 2 is 1.57 bits per heavy atom. The maximum absolute atomic E-state index is 10.3. The lowest BCUT2D eigenvalue weighted by Crippen LogP contribution is -2.42. The van der Waals surface area contributed by atoms with Gasteiger partial charge in [0.05, 0.1) is 12.8 Å². The summed E-state index contributed by atoms with van der Waals surface area (Å²) in [5.74, 6) is -5.02. The average Bonchev–Trinajstić information content (AvgIpc) is 3.49. The van der Waals surface area contributed by atoms with Gasteiger partial charge in [-0.3, -0.25) is 14.5 Å². The normalized spacial score (nSPS) is 11.3. The van der Waals surface area contributed by atoms with Gasteiger partial charge in [0.25, 0.3) is 0 Å². The molecule has 3 aromatic rings. The van der Waals surface area contributed by atoms with Gasteiger partial charge < -0.3 is 25.3 Å². The molecular formula is C24H31N5O7S. The lowest BCUT2D eigenvalue weighted by Gasteiger charge is -2.23. The number of H-pyrrole nitrogens is 1. The van der Waals surface area contributed by atoms with E-state index in [1.54, 1.807) is 11.3 Å². The summed E-state index contributed by atoms with van der Waals surface area (Å²) in [6.07, 6.45) is -2.29. The molecule has 0 amide bonds. The largest absolute Gasteiger partial charge is 0.481 e. The van der Waals surface area contributed by atoms with Crippen LogP contribution in [0.2, 0.25) is 0 Å². The van der Waals surface area contributed by atoms with E-state index in [9.17, 15) is 14.4 Å². The van der Waals surface area contributed by atoms with Gasteiger partial charge >= 0.3 is 17.9 Å². The third-order valence-corrected chi connectivity index (χ3v) is 6.01. The zero-order valence-corrected chi connectivity index (χ0v) is 21.4. The van der Waals surface area contributed by atoms with Gasteiger partial charge in [-0.05, 0) is 25.5 Å². The number of aromatic amines is 1. The summed E-state index contributed by atoms with van der Waals surface area (Å²) in [7, 11) is 4.21. The van der Waals surface area contributed by atoms with E-state index in [1.165, 1.54) is 4.88 Å². The number of aliphatic hydroxyl groups is 1. The molecule has 1 aromatic carbocycles. The van der Waals surface area contributed by atoms with Crippen LogP contribution in [0.5, 0.6) is 0 Å². The van der Waals surface area contributed by atoms with Crippen LogP contribution in [0.4, 0.5) is 0 Å². The number of hydrogen-bond donors (Lipinski definition) is 5. The molecule has 12 nitrogen and oxygen atoms in total. The maximum atomic E-state index is 10.3. The van der Waals surface area contributed by atoms with Crippen molar-refractivity contribution < 1.29 is 34.8 Å². The van der Waals surface area contributed by atoms with Gasteiger partial charge in [0.15, 0.2) is 5.60 Å². The number of aliphatic carboxylic acids is 3. The van der Waals surface area contributed by atoms with Crippen molar-refractivity contribution in [2.24, 2.45) is 0 Å². The molecule has 0 atom stereocenters. The van der Waals surface area contributed by atoms with Gasteiger partial charge in [-0.1, -0.05) is 36.4 Å². The lowest BCUT2D eigenvalue weighted by atomic mass is 9.96. The van der Waals surface area contributed by atoms with Crippen LogP contribution in [-0.2, 0) is 27.5 Å². The first-order chi connectivity index (χ1) is 17.5. The number of thiophene rings is 1. The van der Waals surface area contributed by atoms with Crippen molar-refractivity contribution in [2.75, 3.05) is 27.2 Å². The van der Waals surface area contributed by atoms with Gasteiger partial charge in [-0.25, -0.2) is 4.79 Å². The fourth-order valence-electron chi connectivity index (χ4n) is 3.29. The van der Waals surface area contributed by atoms with Crippen molar-refractivity contribution in [1.29, 1.82) is 0 Å². The SMILES string of the molecule is CN(C)CCN(Cc1cccs1)Cc1n[nH]nc1-c1ccccc1.O=C(O)CC(O)(CC(=O)O)C(=O)O. The number of nitrogens with one attached hydrogen (secondary N) is 1. The van der Waals surface area contributed by atoms with Crippen molar-refractivity contribution in [3.05, 3.63) is 58.4 Å². The monoisotopic (exact) mass is 533 g/mol. The Morgan fingerprint density at radius 3 is 2.08 bits per heavy atom. The molecule has 0 spiro atoms. The van der Waals surface area contributed by atoms with Crippen LogP contribution in [-0.4, -0.2) is 96.3 Å². The Hall–Kier alpha value is -3.65. The highest BCUT2D eigenvalue weighted by molar-refractivity contribution is 7.09. The summed E-state index contributed by atoms with van der Waals surface area (Å²) >= 11 is 1.80. The van der Waals surface area contributed by atoms with Crippen molar-refractivity contribution in [2.45, 2.75) is 31.5 Å². The second kappa shape index (κ2) is 14.2. The Labute approximate surface area is 217 Å². The first-order valence-corrected chi connectivity index (χ1v) is 12.1. The molecule has 0 saturated heterocycles. The maximum Gasteiger partial charge on any atom is 0.336 e. The predicted octanol–water partition coefficient (Wildman–Crippen LogP) is 1.85. The zero-order chi connectivity index (χ0) is 27.4. The Kier molecular flexibility index (Phi) is 11.3. The molecule has 5 N–H and O–H groups in total. The zero-order valence-electron chi connectivity index (χ0n) is 20.6. The van der Waals surface area contributed by atoms with E-state index >= 15 is 0 Å². The summed E-state index contributed by atoms with van der Waals surface area (Å²) in [6, 6.07) is 14.5. The number of benzene rings is 1. The summed E-state index contributed by atoms with van der Waals surface area (Å²) in [4.78, 5) is 36.5. The minimum atomic E-state index is -2.74. The molecule has 0 aliphatic carbocycles. The number of rotatable bonds is 13. The molecule has 0 aliphatic rings. The van der Waals surface area contributed by atoms with Crippen LogP contribution in [0.25, 0.3) is 11.3 Å². The molecule has 0 bridgehead atoms. The van der Waals surface area contributed by atoms with Crippen molar-refractivity contribution in [1.82, 2.24) is 25.2 Å². The number of likely N-dealkylation sites (N-methyl/N-ethyl adjacent to an activating group) is 1. The number of aromatic nitrogens is 3. The number of carbonyl (C=O) groups is 3. The molecule has 200 valence electrons. The Balaban J connectivity index is 0.000000317. The van der Waals surface area contributed by atoms with Gasteiger partial charge in [0.2, 0.25) is 0 Å². The Morgan fingerprint density at radius 1 is 0.919 bits per heavy atom. The second-order valence-electron chi connectivity index (χ2n) is 8.56. The summed E-state index contributed by atoms with van der Waals surface area (Å²) in [6.45, 7) is 3.73. The molecule has 0 fully saturated rings. The fraction of sp³-hybridized carbons (Fsp3) is 0.375. The van der Waals surface area contributed by atoms with Gasteiger partial charge in [-0.2, -0.15) is 15.4 Å². The minimum absolute atomic E-state index is 0.784. The van der Waals surface area contributed by atoms with Gasteiger partial charge in [-0.15, -0.1) is 11.3 Å². The van der Waals surface area contributed by atoms with E-state index in [0.717, 1.165) is 43.1 Å². The highest BCUT2D eigenvalue weighted by Crippen LogP contribution is 2.21. The van der Waals surface area contributed by atoms with Gasteiger partial charge in [0, 0.05) is 36.6 Å². The summed E-state index contributed by atoms with van der Waals surface area (Å²) in [5, 5.41) is 47.5. The fourth-order valence-corrected chi connectivity index (χ4v) is 4.04. The van der Waals surface area contributed by atoms with Crippen LogP contribution in [0.3, 0.4) is 0 Å². The number of hydrogen-bond acceptors (Lipinski definition) is 9. The molecule has 0 unspecified atom stereocenters. The van der Waals surface area contributed by atoms with E-state index in [0.29, 0.717) is 0 Å². The molecule has 0 aliphatic heterocycles. The van der Waals surface area contributed by atoms with Crippen LogP contribution in [0.1, 0.15) is 23.4 Å². The third kappa shape index (κ3) is 10.1. The third-order valence-electron chi connectivity index (χ3n) is 5.15. The van der Waals surface area contributed by atoms with E-state index < -0.39 is 36.4 Å². The van der Waals surface area contributed by atoms with E-state index in [2.05, 4.69) is 69.0 Å². The molecule has 0 saturated carbocycles. The molecule has 3 rings (SSSR count). The van der Waals surface area contributed by atoms with Crippen LogP contribution in [0, 0.1) is 0 Å². The highest BCUT2D eigenvalue weighted by atomic mass is 32.1. The standard InChI is InChI=1S/C18H23N5S.C6H8O7/c1-22(2)10-11-23(13-16-9-6-12-24-16)14-17-18(20-21-19-17)15-7-4-3-5-8-15;7-3(8)1-6(13,5(11)12)2-4(9)10/h3-9,12H,10-11,13-14H2,1-2H3,(H,19,20,21);13H,1-2H2,(H,7,8)(H,9,10)(H,11,12). The first kappa shape index (κ1) is 29.6. The van der Waals surface area contributed by atoms with E-state index in [4.69, 9.17) is 20.4 Å². The molecule has 13 heteroatoms. The second-order valence-corrected chi connectivity index (χ2v) is 9.59. The molecule has 2 aromatic heterocycles. The molecule has 2 heterocycles. The van der Waals surface area contributed by atoms with E-state index in [1.807, 2.05) is 18.2 Å². The van der Waals surface area contributed by atoms with Crippen LogP contribution >= 0.6 is 11.3 Å². The lowest BCUT2D eigenvalue weighted by molar-refractivity contribution is -0.170. The number of nitrogens with zero attached hydrogens (tertiary/aromatic N) is 4. The van der Waals surface area contributed by atoms with Crippen LogP contribution < -0.4 is 0 Å². The average molecular weight is 534 g/mol. The van der Waals surface area contributed by atoms with E-state index in [-0.39, 0.29) is 0 Å². The van der Waals surface area contributed by atoms with Crippen LogP contribution in [0.15, 0.2) is 47.8 Å². The van der Waals surface area contributed by atoms with Gasteiger partial charge in [0.1, 0.15) is 11.4 Å². The van der Waals surface area contributed by atoms with Crippen molar-refractivity contribution in [3.63, 3.8) is 0 Å². The first-order valence-electron chi connectivity index (χ1n) is 11.2. The highest BCUT2D eigenvalue weighted by Gasteiger charge is 2.40. The molecule has 0 radical (unpaired) electrons. The quantitative estimate of drug-likeness (QED) is 0.216.